The van der Waals surface area contributed by atoms with Crippen molar-refractivity contribution in [2.24, 2.45) is 0 Å². The minimum absolute atomic E-state index is 0.0984. The fourth-order valence-electron chi connectivity index (χ4n) is 2.89. The maximum Gasteiger partial charge on any atom is 0.262 e. The molecule has 134 valence electrons. The van der Waals surface area contributed by atoms with Crippen LogP contribution >= 0.6 is 0 Å². The molecule has 1 aliphatic carbocycles. The van der Waals surface area contributed by atoms with Gasteiger partial charge in [0.2, 0.25) is 0 Å². The second-order valence-electron chi connectivity index (χ2n) is 6.32. The number of nitrogens with one attached hydrogen (secondary N) is 1. The lowest BCUT2D eigenvalue weighted by molar-refractivity contribution is -0.118. The first-order chi connectivity index (χ1) is 12.5. The van der Waals surface area contributed by atoms with Crippen molar-refractivity contribution in [1.29, 1.82) is 0 Å². The Morgan fingerprint density at radius 1 is 1.08 bits per heavy atom. The van der Waals surface area contributed by atoms with Crippen molar-refractivity contribution in [2.45, 2.75) is 12.8 Å². The SMILES string of the molecule is CN(C)C(=O)c1ccc(NC(=O)COc2cccc3c2CCC3=O)cc1. The predicted octanol–water partition coefficient (Wildman–Crippen LogP) is 2.53. The second kappa shape index (κ2) is 7.39. The Hall–Kier alpha value is -3.15. The number of hydrogen-bond donors (Lipinski definition) is 1. The number of benzene rings is 2. The van der Waals surface area contributed by atoms with Gasteiger partial charge in [-0.15, -0.1) is 0 Å². The molecule has 2 aromatic carbocycles. The molecule has 2 amide bonds. The van der Waals surface area contributed by atoms with Crippen molar-refractivity contribution >= 4 is 23.3 Å². The third-order valence-corrected chi connectivity index (χ3v) is 4.22. The summed E-state index contributed by atoms with van der Waals surface area (Å²) in [7, 11) is 3.37. The topological polar surface area (TPSA) is 75.7 Å². The van der Waals surface area contributed by atoms with Crippen molar-refractivity contribution < 1.29 is 19.1 Å². The summed E-state index contributed by atoms with van der Waals surface area (Å²) in [5.74, 6) is 0.287. The van der Waals surface area contributed by atoms with Crippen LogP contribution in [0.2, 0.25) is 0 Å². The zero-order valence-electron chi connectivity index (χ0n) is 14.7. The van der Waals surface area contributed by atoms with Crippen molar-refractivity contribution in [1.82, 2.24) is 4.90 Å². The highest BCUT2D eigenvalue weighted by Crippen LogP contribution is 2.30. The van der Waals surface area contributed by atoms with Crippen LogP contribution in [-0.4, -0.2) is 43.2 Å². The van der Waals surface area contributed by atoms with Gasteiger partial charge in [0.15, 0.2) is 12.4 Å². The van der Waals surface area contributed by atoms with E-state index in [1.165, 1.54) is 4.90 Å². The lowest BCUT2D eigenvalue weighted by Gasteiger charge is -2.12. The maximum absolute atomic E-state index is 12.1. The number of nitrogens with zero attached hydrogens (tertiary/aromatic N) is 1. The van der Waals surface area contributed by atoms with Crippen LogP contribution in [0.3, 0.4) is 0 Å². The molecule has 6 heteroatoms. The van der Waals surface area contributed by atoms with E-state index in [1.54, 1.807) is 56.6 Å². The Morgan fingerprint density at radius 2 is 1.81 bits per heavy atom. The number of ether oxygens (including phenoxy) is 1. The van der Waals surface area contributed by atoms with Crippen LogP contribution < -0.4 is 10.1 Å². The smallest absolute Gasteiger partial charge is 0.262 e. The molecule has 0 saturated carbocycles. The molecule has 0 heterocycles. The third kappa shape index (κ3) is 3.74. The fourth-order valence-corrected chi connectivity index (χ4v) is 2.89. The Balaban J connectivity index is 1.58. The van der Waals surface area contributed by atoms with E-state index < -0.39 is 0 Å². The first-order valence-corrected chi connectivity index (χ1v) is 8.35. The summed E-state index contributed by atoms with van der Waals surface area (Å²) in [5, 5.41) is 2.73. The van der Waals surface area contributed by atoms with E-state index in [0.717, 1.165) is 5.56 Å². The number of fused-ring (bicyclic) bond motifs is 1. The van der Waals surface area contributed by atoms with Gasteiger partial charge in [0, 0.05) is 42.9 Å². The van der Waals surface area contributed by atoms with Gasteiger partial charge in [0.05, 0.1) is 0 Å². The summed E-state index contributed by atoms with van der Waals surface area (Å²) in [5.41, 5.74) is 2.69. The molecule has 2 aromatic rings. The number of carbonyl (C=O) groups is 3. The standard InChI is InChI=1S/C20H20N2O4/c1-22(2)20(25)13-6-8-14(9-7-13)21-19(24)12-26-18-5-3-4-15-16(18)10-11-17(15)23/h3-9H,10-12H2,1-2H3,(H,21,24). The molecule has 1 N–H and O–H groups in total. The van der Waals surface area contributed by atoms with E-state index >= 15 is 0 Å². The number of carbonyl (C=O) groups excluding carboxylic acids is 3. The van der Waals surface area contributed by atoms with Gasteiger partial charge < -0.3 is 15.0 Å². The van der Waals surface area contributed by atoms with Crippen LogP contribution in [0.4, 0.5) is 5.69 Å². The van der Waals surface area contributed by atoms with Crippen molar-refractivity contribution in [3.63, 3.8) is 0 Å². The largest absolute Gasteiger partial charge is 0.483 e. The molecule has 0 aromatic heterocycles. The van der Waals surface area contributed by atoms with Gasteiger partial charge in [0.1, 0.15) is 5.75 Å². The number of rotatable bonds is 5. The number of amides is 2. The van der Waals surface area contributed by atoms with E-state index in [9.17, 15) is 14.4 Å². The molecule has 0 radical (unpaired) electrons. The highest BCUT2D eigenvalue weighted by molar-refractivity contribution is 6.01. The van der Waals surface area contributed by atoms with Crippen LogP contribution in [-0.2, 0) is 11.2 Å². The molecule has 0 aliphatic heterocycles. The molecular formula is C20H20N2O4. The summed E-state index contributed by atoms with van der Waals surface area (Å²) in [6.07, 6.45) is 1.13. The van der Waals surface area contributed by atoms with Gasteiger partial charge in [-0.1, -0.05) is 12.1 Å². The zero-order chi connectivity index (χ0) is 18.7. The first-order valence-electron chi connectivity index (χ1n) is 8.35. The van der Waals surface area contributed by atoms with Crippen molar-refractivity contribution in [3.8, 4) is 5.75 Å². The normalized spacial score (nSPS) is 12.5. The van der Waals surface area contributed by atoms with E-state index in [2.05, 4.69) is 5.32 Å². The maximum atomic E-state index is 12.1. The van der Waals surface area contributed by atoms with E-state index in [1.807, 2.05) is 0 Å². The Bertz CT molecular complexity index is 857. The van der Waals surface area contributed by atoms with Crippen LogP contribution in [0, 0.1) is 0 Å². The number of hydrogen-bond acceptors (Lipinski definition) is 4. The molecule has 1 aliphatic rings. The Kier molecular flexibility index (Phi) is 5.02. The predicted molar refractivity (Wildman–Crippen MR) is 97.7 cm³/mol. The van der Waals surface area contributed by atoms with Crippen LogP contribution in [0.1, 0.15) is 32.7 Å². The molecule has 6 nitrogen and oxygen atoms in total. The van der Waals surface area contributed by atoms with E-state index in [-0.39, 0.29) is 24.2 Å². The van der Waals surface area contributed by atoms with Crippen molar-refractivity contribution in [2.75, 3.05) is 26.0 Å². The van der Waals surface area contributed by atoms with Gasteiger partial charge in [-0.25, -0.2) is 0 Å². The first kappa shape index (κ1) is 17.7. The summed E-state index contributed by atoms with van der Waals surface area (Å²) in [6, 6.07) is 12.0. The van der Waals surface area contributed by atoms with Crippen LogP contribution in [0.25, 0.3) is 0 Å². The van der Waals surface area contributed by atoms with Gasteiger partial charge in [-0.05, 0) is 36.8 Å². The molecule has 0 atom stereocenters. The zero-order valence-corrected chi connectivity index (χ0v) is 14.7. The van der Waals surface area contributed by atoms with Crippen LogP contribution in [0.5, 0.6) is 5.75 Å². The summed E-state index contributed by atoms with van der Waals surface area (Å²) < 4.78 is 5.60. The van der Waals surface area contributed by atoms with Crippen LogP contribution in [0.15, 0.2) is 42.5 Å². The molecule has 0 fully saturated rings. The number of anilines is 1. The lowest BCUT2D eigenvalue weighted by atomic mass is 10.1. The fraction of sp³-hybridized carbons (Fsp3) is 0.250. The van der Waals surface area contributed by atoms with Crippen molar-refractivity contribution in [3.05, 3.63) is 59.2 Å². The monoisotopic (exact) mass is 352 g/mol. The van der Waals surface area contributed by atoms with Gasteiger partial charge in [-0.3, -0.25) is 14.4 Å². The average molecular weight is 352 g/mol. The third-order valence-electron chi connectivity index (χ3n) is 4.22. The molecular weight excluding hydrogens is 332 g/mol. The molecule has 0 bridgehead atoms. The van der Waals surface area contributed by atoms with Gasteiger partial charge in [-0.2, -0.15) is 0 Å². The second-order valence-corrected chi connectivity index (χ2v) is 6.32. The van der Waals surface area contributed by atoms with E-state index in [0.29, 0.717) is 35.4 Å². The molecule has 3 rings (SSSR count). The van der Waals surface area contributed by atoms with E-state index in [4.69, 9.17) is 4.74 Å². The molecule has 0 spiro atoms. The summed E-state index contributed by atoms with van der Waals surface area (Å²) in [4.78, 5) is 37.2. The molecule has 26 heavy (non-hydrogen) atoms. The highest BCUT2D eigenvalue weighted by Gasteiger charge is 2.22. The Morgan fingerprint density at radius 3 is 2.50 bits per heavy atom. The number of ketones is 1. The number of Topliss-reactive ketones (excluding diaryl/α,β-unsaturated/α-hetero) is 1. The highest BCUT2D eigenvalue weighted by atomic mass is 16.5. The average Bonchev–Trinajstić information content (AvgIpc) is 3.02. The quantitative estimate of drug-likeness (QED) is 0.897. The summed E-state index contributed by atoms with van der Waals surface area (Å²) in [6.45, 7) is -0.150. The lowest BCUT2D eigenvalue weighted by Crippen LogP contribution is -2.22. The molecule has 0 unspecified atom stereocenters. The minimum atomic E-state index is -0.307. The Labute approximate surface area is 151 Å². The van der Waals surface area contributed by atoms with Gasteiger partial charge in [0.25, 0.3) is 11.8 Å². The summed E-state index contributed by atoms with van der Waals surface area (Å²) >= 11 is 0. The molecule has 0 saturated heterocycles. The van der Waals surface area contributed by atoms with Gasteiger partial charge >= 0.3 is 0 Å². The minimum Gasteiger partial charge on any atom is -0.483 e.